The van der Waals surface area contributed by atoms with Crippen LogP contribution in [0.3, 0.4) is 0 Å². The van der Waals surface area contributed by atoms with Gasteiger partial charge in [-0.25, -0.2) is 0 Å². The summed E-state index contributed by atoms with van der Waals surface area (Å²) in [6.07, 6.45) is 1.79. The number of aromatic nitrogens is 1. The topological polar surface area (TPSA) is 65.5 Å². The highest BCUT2D eigenvalue weighted by Gasteiger charge is 2.38. The van der Waals surface area contributed by atoms with Crippen molar-refractivity contribution in [2.24, 2.45) is 0 Å². The predicted octanol–water partition coefficient (Wildman–Crippen LogP) is 0.377. The molecular formula is C17H18N4O2. The number of rotatable bonds is 2. The van der Waals surface area contributed by atoms with Crippen molar-refractivity contribution < 1.29 is 9.59 Å². The van der Waals surface area contributed by atoms with E-state index in [1.54, 1.807) is 11.1 Å². The number of hydrogen-bond acceptors (Lipinski definition) is 4. The van der Waals surface area contributed by atoms with Gasteiger partial charge in [0.1, 0.15) is 6.04 Å². The normalized spacial score (nSPS) is 22.1. The number of piperazine rings is 2. The van der Waals surface area contributed by atoms with Gasteiger partial charge in [0.05, 0.1) is 12.1 Å². The van der Waals surface area contributed by atoms with Gasteiger partial charge in [-0.2, -0.15) is 0 Å². The molecule has 3 heterocycles. The van der Waals surface area contributed by atoms with Crippen LogP contribution in [0.2, 0.25) is 0 Å². The number of nitrogens with zero attached hydrogens (tertiary/aromatic N) is 3. The Morgan fingerprint density at radius 1 is 1.22 bits per heavy atom. The van der Waals surface area contributed by atoms with Gasteiger partial charge in [-0.3, -0.25) is 19.5 Å². The fraction of sp³-hybridized carbons (Fsp3) is 0.353. The number of benzene rings is 1. The number of nitrogens with one attached hydrogen (secondary N) is 1. The lowest BCUT2D eigenvalue weighted by molar-refractivity contribution is -0.149. The van der Waals surface area contributed by atoms with Crippen molar-refractivity contribution in [3.63, 3.8) is 0 Å². The zero-order valence-electron chi connectivity index (χ0n) is 12.7. The van der Waals surface area contributed by atoms with Crippen LogP contribution in [0.1, 0.15) is 5.56 Å². The zero-order valence-corrected chi connectivity index (χ0v) is 12.7. The molecule has 2 aromatic rings. The van der Waals surface area contributed by atoms with E-state index in [4.69, 9.17) is 0 Å². The summed E-state index contributed by atoms with van der Waals surface area (Å²) in [6, 6.07) is 9.88. The Morgan fingerprint density at radius 2 is 2.13 bits per heavy atom. The second-order valence-electron chi connectivity index (χ2n) is 6.09. The molecule has 1 atom stereocenters. The third kappa shape index (κ3) is 2.66. The van der Waals surface area contributed by atoms with Crippen molar-refractivity contribution in [1.82, 2.24) is 20.1 Å². The van der Waals surface area contributed by atoms with Crippen molar-refractivity contribution in [2.75, 3.05) is 26.2 Å². The van der Waals surface area contributed by atoms with E-state index in [9.17, 15) is 9.59 Å². The first-order valence-electron chi connectivity index (χ1n) is 7.84. The lowest BCUT2D eigenvalue weighted by Gasteiger charge is -2.43. The zero-order chi connectivity index (χ0) is 15.8. The second kappa shape index (κ2) is 5.62. The summed E-state index contributed by atoms with van der Waals surface area (Å²) in [5.74, 6) is -0.0290. The minimum atomic E-state index is -0.358. The number of amides is 2. The fourth-order valence-corrected chi connectivity index (χ4v) is 3.36. The Labute approximate surface area is 134 Å². The average Bonchev–Trinajstić information content (AvgIpc) is 2.58. The molecule has 2 amide bonds. The van der Waals surface area contributed by atoms with Crippen LogP contribution in [0.15, 0.2) is 36.5 Å². The van der Waals surface area contributed by atoms with Crippen molar-refractivity contribution in [3.05, 3.63) is 42.1 Å². The molecule has 1 unspecified atom stereocenters. The molecule has 6 heteroatoms. The fourth-order valence-electron chi connectivity index (χ4n) is 3.36. The van der Waals surface area contributed by atoms with Crippen molar-refractivity contribution in [3.8, 4) is 0 Å². The number of carbonyl (C=O) groups excluding carboxylic acids is 2. The van der Waals surface area contributed by atoms with Gasteiger partial charge in [-0.15, -0.1) is 0 Å². The third-order valence-corrected chi connectivity index (χ3v) is 4.58. The minimum Gasteiger partial charge on any atom is -0.345 e. The summed E-state index contributed by atoms with van der Waals surface area (Å²) in [5, 5.41) is 3.80. The molecule has 0 radical (unpaired) electrons. The Hall–Kier alpha value is -2.47. The van der Waals surface area contributed by atoms with Crippen LogP contribution in [-0.4, -0.2) is 58.8 Å². The van der Waals surface area contributed by atoms with Crippen LogP contribution in [0.25, 0.3) is 10.9 Å². The molecule has 1 aromatic heterocycles. The van der Waals surface area contributed by atoms with Gasteiger partial charge < -0.3 is 10.2 Å². The quantitative estimate of drug-likeness (QED) is 0.871. The van der Waals surface area contributed by atoms with E-state index in [1.807, 2.05) is 12.1 Å². The number of hydrogen-bond donors (Lipinski definition) is 1. The molecule has 23 heavy (non-hydrogen) atoms. The summed E-state index contributed by atoms with van der Waals surface area (Å²) in [4.78, 5) is 32.2. The molecule has 1 N–H and O–H groups in total. The monoisotopic (exact) mass is 310 g/mol. The van der Waals surface area contributed by atoms with Crippen LogP contribution >= 0.6 is 0 Å². The lowest BCUT2D eigenvalue weighted by atomic mass is 10.1. The Morgan fingerprint density at radius 3 is 3.04 bits per heavy atom. The third-order valence-electron chi connectivity index (χ3n) is 4.58. The van der Waals surface area contributed by atoms with Crippen LogP contribution < -0.4 is 5.32 Å². The molecule has 2 fully saturated rings. The molecule has 2 aliphatic heterocycles. The largest absolute Gasteiger partial charge is 0.345 e. The molecule has 2 saturated heterocycles. The molecule has 0 saturated carbocycles. The maximum absolute atomic E-state index is 12.0. The van der Waals surface area contributed by atoms with Crippen molar-refractivity contribution in [1.29, 1.82) is 0 Å². The van der Waals surface area contributed by atoms with Crippen molar-refractivity contribution in [2.45, 2.75) is 12.6 Å². The van der Waals surface area contributed by atoms with E-state index in [0.29, 0.717) is 13.1 Å². The molecule has 118 valence electrons. The van der Waals surface area contributed by atoms with Crippen LogP contribution in [0, 0.1) is 0 Å². The van der Waals surface area contributed by atoms with E-state index in [2.05, 4.69) is 33.4 Å². The SMILES string of the molecule is O=C1NCC(=O)N2CCN(Cc3ccc4cccnc4c3)CC12. The number of fused-ring (bicyclic) bond motifs is 2. The van der Waals surface area contributed by atoms with Gasteiger partial charge >= 0.3 is 0 Å². The Bertz CT molecular complexity index is 776. The van der Waals surface area contributed by atoms with E-state index in [0.717, 1.165) is 24.0 Å². The van der Waals surface area contributed by atoms with Crippen LogP contribution in [0.4, 0.5) is 0 Å². The molecule has 0 bridgehead atoms. The summed E-state index contributed by atoms with van der Waals surface area (Å²) >= 11 is 0. The molecule has 0 aliphatic carbocycles. The van der Waals surface area contributed by atoms with Gasteiger partial charge in [0.2, 0.25) is 11.8 Å². The maximum Gasteiger partial charge on any atom is 0.244 e. The molecule has 4 rings (SSSR count). The summed E-state index contributed by atoms with van der Waals surface area (Å²) < 4.78 is 0. The van der Waals surface area contributed by atoms with Gasteiger partial charge in [-0.1, -0.05) is 18.2 Å². The summed E-state index contributed by atoms with van der Waals surface area (Å²) in [5.41, 5.74) is 2.15. The second-order valence-corrected chi connectivity index (χ2v) is 6.09. The van der Waals surface area contributed by atoms with Gasteiger partial charge in [-0.05, 0) is 17.7 Å². The molecule has 1 aromatic carbocycles. The highest BCUT2D eigenvalue weighted by molar-refractivity contribution is 5.95. The minimum absolute atomic E-state index is 0.0177. The molecule has 0 spiro atoms. The molecule has 6 nitrogen and oxygen atoms in total. The smallest absolute Gasteiger partial charge is 0.244 e. The number of pyridine rings is 1. The first-order valence-corrected chi connectivity index (χ1v) is 7.84. The van der Waals surface area contributed by atoms with Crippen LogP contribution in [-0.2, 0) is 16.1 Å². The highest BCUT2D eigenvalue weighted by atomic mass is 16.2. The van der Waals surface area contributed by atoms with Crippen molar-refractivity contribution >= 4 is 22.7 Å². The Balaban J connectivity index is 1.50. The molecule has 2 aliphatic rings. The highest BCUT2D eigenvalue weighted by Crippen LogP contribution is 2.18. The summed E-state index contributed by atoms with van der Waals surface area (Å²) in [6.45, 7) is 2.88. The van der Waals surface area contributed by atoms with Gasteiger partial charge in [0.25, 0.3) is 0 Å². The van der Waals surface area contributed by atoms with E-state index in [1.165, 1.54) is 5.56 Å². The van der Waals surface area contributed by atoms with E-state index < -0.39 is 0 Å². The van der Waals surface area contributed by atoms with Gasteiger partial charge in [0.15, 0.2) is 0 Å². The van der Waals surface area contributed by atoms with E-state index in [-0.39, 0.29) is 24.4 Å². The van der Waals surface area contributed by atoms with Crippen LogP contribution in [0.5, 0.6) is 0 Å². The average molecular weight is 310 g/mol. The lowest BCUT2D eigenvalue weighted by Crippen LogP contribution is -2.65. The number of carbonyl (C=O) groups is 2. The predicted molar refractivity (Wildman–Crippen MR) is 85.5 cm³/mol. The first-order chi connectivity index (χ1) is 11.2. The Kier molecular flexibility index (Phi) is 3.46. The molecular weight excluding hydrogens is 292 g/mol. The maximum atomic E-state index is 12.0. The van der Waals surface area contributed by atoms with E-state index >= 15 is 0 Å². The summed E-state index contributed by atoms with van der Waals surface area (Å²) in [7, 11) is 0. The standard InChI is InChI=1S/C17H18N4O2/c22-16-9-19-17(23)15-11-20(6-7-21(15)16)10-12-3-4-13-2-1-5-18-14(13)8-12/h1-5,8,15H,6-7,9-11H2,(H,19,23). The van der Waals surface area contributed by atoms with Gasteiger partial charge in [0, 0.05) is 37.8 Å². The first kappa shape index (κ1) is 14.1.